The highest BCUT2D eigenvalue weighted by atomic mass is 15.4. The molecule has 3 atom stereocenters. The molecule has 0 unspecified atom stereocenters. The predicted octanol–water partition coefficient (Wildman–Crippen LogP) is 2.35. The Morgan fingerprint density at radius 2 is 2.06 bits per heavy atom. The Balaban J connectivity index is 2.10. The summed E-state index contributed by atoms with van der Waals surface area (Å²) < 4.78 is 1.64. The zero-order valence-electron chi connectivity index (χ0n) is 10.0. The van der Waals surface area contributed by atoms with Crippen LogP contribution < -0.4 is 0 Å². The Hall–Kier alpha value is -1.45. The molecule has 0 spiro atoms. The molecule has 0 saturated carbocycles. The fourth-order valence-electron chi connectivity index (χ4n) is 2.48. The maximum Gasteiger partial charge on any atom is 0.141 e. The smallest absolute Gasteiger partial charge is 0.141 e. The van der Waals surface area contributed by atoms with Crippen LogP contribution in [0.3, 0.4) is 0 Å². The SMILES string of the molecule is CC1=C[C@H](C)[C@H](C=Nn2cnnc2)[C@H](C)C1. The van der Waals surface area contributed by atoms with E-state index in [1.54, 1.807) is 17.3 Å². The quantitative estimate of drug-likeness (QED) is 0.565. The molecule has 2 rings (SSSR count). The van der Waals surface area contributed by atoms with Gasteiger partial charge in [0.05, 0.1) is 0 Å². The normalized spacial score (nSPS) is 30.7. The number of allylic oxidation sites excluding steroid dienone is 2. The van der Waals surface area contributed by atoms with Gasteiger partial charge in [-0.15, -0.1) is 10.2 Å². The van der Waals surface area contributed by atoms with E-state index >= 15 is 0 Å². The van der Waals surface area contributed by atoms with Crippen molar-refractivity contribution in [3.63, 3.8) is 0 Å². The molecule has 0 N–H and O–H groups in total. The van der Waals surface area contributed by atoms with Gasteiger partial charge in [0.15, 0.2) is 0 Å². The third-order valence-electron chi connectivity index (χ3n) is 3.23. The van der Waals surface area contributed by atoms with Crippen molar-refractivity contribution >= 4 is 6.21 Å². The van der Waals surface area contributed by atoms with Crippen LogP contribution in [0.4, 0.5) is 0 Å². The second-order valence-corrected chi connectivity index (χ2v) is 4.74. The van der Waals surface area contributed by atoms with Crippen molar-refractivity contribution in [3.8, 4) is 0 Å². The Kier molecular flexibility index (Phi) is 3.17. The fraction of sp³-hybridized carbons (Fsp3) is 0.583. The van der Waals surface area contributed by atoms with E-state index < -0.39 is 0 Å². The van der Waals surface area contributed by atoms with Gasteiger partial charge in [0.2, 0.25) is 0 Å². The van der Waals surface area contributed by atoms with E-state index in [1.165, 1.54) is 12.0 Å². The fourth-order valence-corrected chi connectivity index (χ4v) is 2.48. The van der Waals surface area contributed by atoms with E-state index in [4.69, 9.17) is 0 Å². The minimum Gasteiger partial charge on any atom is -0.208 e. The third kappa shape index (κ3) is 2.38. The second-order valence-electron chi connectivity index (χ2n) is 4.74. The molecule has 86 valence electrons. The predicted molar refractivity (Wildman–Crippen MR) is 64.1 cm³/mol. The average molecular weight is 218 g/mol. The number of hydrogen-bond donors (Lipinski definition) is 0. The number of rotatable bonds is 2. The summed E-state index contributed by atoms with van der Waals surface area (Å²) in [5.41, 5.74) is 1.49. The lowest BCUT2D eigenvalue weighted by molar-refractivity contribution is 0.361. The van der Waals surface area contributed by atoms with Crippen molar-refractivity contribution in [3.05, 3.63) is 24.3 Å². The molecule has 1 heterocycles. The van der Waals surface area contributed by atoms with Gasteiger partial charge in [-0.1, -0.05) is 25.5 Å². The molecule has 1 aliphatic carbocycles. The van der Waals surface area contributed by atoms with E-state index in [2.05, 4.69) is 42.1 Å². The standard InChI is InChI=1S/C12H18N4/c1-9-4-10(2)12(11(3)5-9)6-15-16-7-13-14-8-16/h4,6-8,10-12H,5H2,1-3H3/t10-,11+,12-/m0/s1. The molecule has 1 aromatic rings. The molecule has 0 radical (unpaired) electrons. The zero-order chi connectivity index (χ0) is 11.5. The first-order valence-corrected chi connectivity index (χ1v) is 5.73. The van der Waals surface area contributed by atoms with E-state index in [0.29, 0.717) is 17.8 Å². The van der Waals surface area contributed by atoms with Crippen molar-refractivity contribution in [1.82, 2.24) is 14.9 Å². The number of hydrogen-bond acceptors (Lipinski definition) is 3. The van der Waals surface area contributed by atoms with Gasteiger partial charge in [0.25, 0.3) is 0 Å². The highest BCUT2D eigenvalue weighted by molar-refractivity contribution is 5.62. The van der Waals surface area contributed by atoms with Crippen molar-refractivity contribution in [2.45, 2.75) is 27.2 Å². The summed E-state index contributed by atoms with van der Waals surface area (Å²) in [6, 6.07) is 0. The Morgan fingerprint density at radius 3 is 2.69 bits per heavy atom. The van der Waals surface area contributed by atoms with Crippen LogP contribution in [0.15, 0.2) is 29.4 Å². The molecule has 4 heteroatoms. The van der Waals surface area contributed by atoms with Crippen LogP contribution in [0.1, 0.15) is 27.2 Å². The first kappa shape index (κ1) is 11.0. The van der Waals surface area contributed by atoms with Gasteiger partial charge in [0, 0.05) is 12.1 Å². The highest BCUT2D eigenvalue weighted by Gasteiger charge is 2.25. The number of nitrogens with zero attached hydrogens (tertiary/aromatic N) is 4. The first-order valence-electron chi connectivity index (χ1n) is 5.73. The molecule has 0 bridgehead atoms. The number of aromatic nitrogens is 3. The summed E-state index contributed by atoms with van der Waals surface area (Å²) in [5, 5.41) is 11.8. The molecule has 16 heavy (non-hydrogen) atoms. The van der Waals surface area contributed by atoms with Crippen LogP contribution in [0.5, 0.6) is 0 Å². The van der Waals surface area contributed by atoms with Crippen LogP contribution in [0.25, 0.3) is 0 Å². The minimum absolute atomic E-state index is 0.506. The molecule has 0 amide bonds. The average Bonchev–Trinajstić information content (AvgIpc) is 2.68. The summed E-state index contributed by atoms with van der Waals surface area (Å²) in [5.74, 6) is 1.72. The van der Waals surface area contributed by atoms with E-state index in [-0.39, 0.29) is 0 Å². The highest BCUT2D eigenvalue weighted by Crippen LogP contribution is 2.32. The molecule has 0 fully saturated rings. The zero-order valence-corrected chi connectivity index (χ0v) is 10.0. The summed E-state index contributed by atoms with van der Waals surface area (Å²) >= 11 is 0. The molecule has 1 aromatic heterocycles. The maximum absolute atomic E-state index is 4.35. The van der Waals surface area contributed by atoms with Gasteiger partial charge in [-0.05, 0) is 25.2 Å². The molecular formula is C12H18N4. The first-order chi connectivity index (χ1) is 7.66. The van der Waals surface area contributed by atoms with Gasteiger partial charge in [-0.25, -0.2) is 4.68 Å². The van der Waals surface area contributed by atoms with Gasteiger partial charge in [-0.2, -0.15) is 5.10 Å². The third-order valence-corrected chi connectivity index (χ3v) is 3.23. The summed E-state index contributed by atoms with van der Waals surface area (Å²) in [7, 11) is 0. The summed E-state index contributed by atoms with van der Waals surface area (Å²) in [6.07, 6.45) is 8.76. The molecule has 4 nitrogen and oxygen atoms in total. The monoisotopic (exact) mass is 218 g/mol. The Labute approximate surface area is 96.1 Å². The molecule has 0 aliphatic heterocycles. The lowest BCUT2D eigenvalue weighted by Crippen LogP contribution is -2.24. The van der Waals surface area contributed by atoms with E-state index in [1.807, 2.05) is 6.21 Å². The van der Waals surface area contributed by atoms with Crippen LogP contribution in [0, 0.1) is 17.8 Å². The second kappa shape index (κ2) is 4.60. The van der Waals surface area contributed by atoms with Crippen molar-refractivity contribution in [2.75, 3.05) is 0 Å². The van der Waals surface area contributed by atoms with Gasteiger partial charge in [-0.3, -0.25) is 0 Å². The van der Waals surface area contributed by atoms with E-state index in [0.717, 1.165) is 0 Å². The largest absolute Gasteiger partial charge is 0.208 e. The lowest BCUT2D eigenvalue weighted by Gasteiger charge is -2.29. The molecular weight excluding hydrogens is 200 g/mol. The Bertz CT molecular complexity index is 391. The lowest BCUT2D eigenvalue weighted by atomic mass is 9.76. The van der Waals surface area contributed by atoms with E-state index in [9.17, 15) is 0 Å². The van der Waals surface area contributed by atoms with Crippen LogP contribution >= 0.6 is 0 Å². The van der Waals surface area contributed by atoms with Crippen LogP contribution in [0.2, 0.25) is 0 Å². The van der Waals surface area contributed by atoms with Crippen molar-refractivity contribution in [1.29, 1.82) is 0 Å². The topological polar surface area (TPSA) is 43.1 Å². The van der Waals surface area contributed by atoms with Gasteiger partial charge in [0.1, 0.15) is 12.7 Å². The summed E-state index contributed by atoms with van der Waals surface area (Å²) in [4.78, 5) is 0. The maximum atomic E-state index is 4.35. The minimum atomic E-state index is 0.506. The van der Waals surface area contributed by atoms with Crippen LogP contribution in [-0.4, -0.2) is 21.1 Å². The Morgan fingerprint density at radius 1 is 1.38 bits per heavy atom. The summed E-state index contributed by atoms with van der Waals surface area (Å²) in [6.45, 7) is 6.75. The van der Waals surface area contributed by atoms with Crippen LogP contribution in [-0.2, 0) is 0 Å². The van der Waals surface area contributed by atoms with Gasteiger partial charge < -0.3 is 0 Å². The molecule has 1 aliphatic rings. The van der Waals surface area contributed by atoms with Crippen molar-refractivity contribution in [2.24, 2.45) is 22.9 Å². The molecule has 0 saturated heterocycles. The van der Waals surface area contributed by atoms with Crippen molar-refractivity contribution < 1.29 is 0 Å². The molecule has 0 aromatic carbocycles. The van der Waals surface area contributed by atoms with Gasteiger partial charge >= 0.3 is 0 Å².